The van der Waals surface area contributed by atoms with E-state index < -0.39 is 0 Å². The molecule has 0 atom stereocenters. The number of hydrogen-bond acceptors (Lipinski definition) is 5. The molecular weight excluding hydrogens is 332 g/mol. The van der Waals surface area contributed by atoms with Gasteiger partial charge in [-0.1, -0.05) is 12.1 Å². The third-order valence-electron chi connectivity index (χ3n) is 4.82. The quantitative estimate of drug-likeness (QED) is 0.527. The van der Waals surface area contributed by atoms with Crippen molar-refractivity contribution in [2.24, 2.45) is 0 Å². The zero-order valence-corrected chi connectivity index (χ0v) is 15.5. The molecule has 1 aromatic rings. The standard InChI is InChI=1S/C20H26N2O4/c1-3-26-14-6-13-22-19(23)17(15-7-9-16(25-2)10-8-15)18(20(22)24)21-11-4-5-12-21/h7-10H,3-6,11-14H2,1-2H3. The second kappa shape index (κ2) is 8.36. The van der Waals surface area contributed by atoms with Gasteiger partial charge in [0.15, 0.2) is 0 Å². The molecule has 0 aromatic heterocycles. The van der Waals surface area contributed by atoms with Crippen molar-refractivity contribution in [3.8, 4) is 5.75 Å². The van der Waals surface area contributed by atoms with Gasteiger partial charge in [-0.2, -0.15) is 0 Å². The third-order valence-corrected chi connectivity index (χ3v) is 4.82. The lowest BCUT2D eigenvalue weighted by atomic mass is 10.0. The molecule has 6 nitrogen and oxygen atoms in total. The Morgan fingerprint density at radius 3 is 2.35 bits per heavy atom. The number of nitrogens with zero attached hydrogens (tertiary/aromatic N) is 2. The lowest BCUT2D eigenvalue weighted by molar-refractivity contribution is -0.137. The highest BCUT2D eigenvalue weighted by atomic mass is 16.5. The van der Waals surface area contributed by atoms with Crippen LogP contribution in [0, 0.1) is 0 Å². The van der Waals surface area contributed by atoms with Crippen molar-refractivity contribution in [2.75, 3.05) is 40.0 Å². The predicted molar refractivity (Wildman–Crippen MR) is 98.6 cm³/mol. The molecule has 0 aliphatic carbocycles. The second-order valence-corrected chi connectivity index (χ2v) is 6.46. The molecule has 2 aliphatic heterocycles. The molecule has 1 fully saturated rings. The number of amides is 2. The number of likely N-dealkylation sites (tertiary alicyclic amines) is 1. The van der Waals surface area contributed by atoms with Crippen LogP contribution in [0.4, 0.5) is 0 Å². The zero-order chi connectivity index (χ0) is 18.5. The summed E-state index contributed by atoms with van der Waals surface area (Å²) in [5.41, 5.74) is 1.82. The highest BCUT2D eigenvalue weighted by Gasteiger charge is 2.41. The van der Waals surface area contributed by atoms with Crippen LogP contribution in [0.15, 0.2) is 30.0 Å². The molecule has 2 amide bonds. The van der Waals surface area contributed by atoms with Gasteiger partial charge >= 0.3 is 0 Å². The van der Waals surface area contributed by atoms with E-state index in [-0.39, 0.29) is 11.8 Å². The summed E-state index contributed by atoms with van der Waals surface area (Å²) in [6, 6.07) is 7.33. The molecule has 0 saturated carbocycles. The van der Waals surface area contributed by atoms with Crippen molar-refractivity contribution in [3.05, 3.63) is 35.5 Å². The molecule has 0 bridgehead atoms. The van der Waals surface area contributed by atoms with Crippen molar-refractivity contribution >= 4 is 17.4 Å². The van der Waals surface area contributed by atoms with Crippen molar-refractivity contribution in [2.45, 2.75) is 26.2 Å². The molecule has 140 valence electrons. The van der Waals surface area contributed by atoms with E-state index in [1.54, 1.807) is 7.11 Å². The van der Waals surface area contributed by atoms with E-state index in [1.807, 2.05) is 31.2 Å². The number of imide groups is 1. The molecule has 6 heteroatoms. The number of rotatable bonds is 8. The van der Waals surface area contributed by atoms with Crippen LogP contribution in [-0.2, 0) is 14.3 Å². The van der Waals surface area contributed by atoms with E-state index in [2.05, 4.69) is 4.90 Å². The number of ether oxygens (including phenoxy) is 2. The number of carbonyl (C=O) groups is 2. The van der Waals surface area contributed by atoms with Gasteiger partial charge in [0.25, 0.3) is 11.8 Å². The molecule has 26 heavy (non-hydrogen) atoms. The summed E-state index contributed by atoms with van der Waals surface area (Å²) in [4.78, 5) is 29.5. The monoisotopic (exact) mass is 358 g/mol. The molecule has 3 rings (SSSR count). The average molecular weight is 358 g/mol. The summed E-state index contributed by atoms with van der Waals surface area (Å²) in [5.74, 6) is 0.334. The minimum Gasteiger partial charge on any atom is -0.497 e. The summed E-state index contributed by atoms with van der Waals surface area (Å²) in [6.45, 7) is 5.14. The van der Waals surface area contributed by atoms with Crippen LogP contribution in [0.2, 0.25) is 0 Å². The van der Waals surface area contributed by atoms with E-state index in [1.165, 1.54) is 4.90 Å². The largest absolute Gasteiger partial charge is 0.497 e. The van der Waals surface area contributed by atoms with E-state index in [0.717, 1.165) is 37.2 Å². The normalized spacial score (nSPS) is 17.6. The maximum Gasteiger partial charge on any atom is 0.277 e. The van der Waals surface area contributed by atoms with Crippen molar-refractivity contribution < 1.29 is 19.1 Å². The van der Waals surface area contributed by atoms with Gasteiger partial charge in [-0.15, -0.1) is 0 Å². The third kappa shape index (κ3) is 3.60. The smallest absolute Gasteiger partial charge is 0.277 e. The van der Waals surface area contributed by atoms with Crippen molar-refractivity contribution in [1.82, 2.24) is 9.80 Å². The second-order valence-electron chi connectivity index (χ2n) is 6.46. The lowest BCUT2D eigenvalue weighted by Gasteiger charge is -2.20. The maximum absolute atomic E-state index is 13.1. The summed E-state index contributed by atoms with van der Waals surface area (Å²) in [6.07, 6.45) is 2.74. The Hall–Kier alpha value is -2.34. The summed E-state index contributed by atoms with van der Waals surface area (Å²) in [7, 11) is 1.61. The Kier molecular flexibility index (Phi) is 5.93. The Balaban J connectivity index is 1.89. The number of methoxy groups -OCH3 is 1. The van der Waals surface area contributed by atoms with Gasteiger partial charge in [-0.25, -0.2) is 0 Å². The molecule has 1 aromatic carbocycles. The Labute approximate surface area is 154 Å². The number of carbonyl (C=O) groups excluding carboxylic acids is 2. The van der Waals surface area contributed by atoms with E-state index in [0.29, 0.717) is 37.4 Å². The Morgan fingerprint density at radius 2 is 1.73 bits per heavy atom. The SMILES string of the molecule is CCOCCCN1C(=O)C(c2ccc(OC)cc2)=C(N2CCCC2)C1=O. The summed E-state index contributed by atoms with van der Waals surface area (Å²) in [5, 5.41) is 0. The minimum atomic E-state index is -0.210. The average Bonchev–Trinajstić information content (AvgIpc) is 3.26. The molecule has 0 unspecified atom stereocenters. The van der Waals surface area contributed by atoms with E-state index in [4.69, 9.17) is 9.47 Å². The van der Waals surface area contributed by atoms with Crippen LogP contribution in [0.1, 0.15) is 31.7 Å². The van der Waals surface area contributed by atoms with E-state index in [9.17, 15) is 9.59 Å². The van der Waals surface area contributed by atoms with Crippen LogP contribution < -0.4 is 4.74 Å². The first-order valence-corrected chi connectivity index (χ1v) is 9.25. The summed E-state index contributed by atoms with van der Waals surface area (Å²) < 4.78 is 10.5. The highest BCUT2D eigenvalue weighted by molar-refractivity contribution is 6.35. The van der Waals surface area contributed by atoms with Gasteiger partial charge < -0.3 is 14.4 Å². The first-order chi connectivity index (χ1) is 12.7. The van der Waals surface area contributed by atoms with Crippen LogP contribution in [-0.4, -0.2) is 61.6 Å². The van der Waals surface area contributed by atoms with Crippen LogP contribution in [0.5, 0.6) is 5.75 Å². The lowest BCUT2D eigenvalue weighted by Crippen LogP contribution is -2.35. The molecule has 0 radical (unpaired) electrons. The van der Waals surface area contributed by atoms with Crippen molar-refractivity contribution in [3.63, 3.8) is 0 Å². The topological polar surface area (TPSA) is 59.1 Å². The summed E-state index contributed by atoms with van der Waals surface area (Å²) >= 11 is 0. The molecule has 1 saturated heterocycles. The van der Waals surface area contributed by atoms with Gasteiger partial charge in [-0.3, -0.25) is 14.5 Å². The number of benzene rings is 1. The van der Waals surface area contributed by atoms with E-state index >= 15 is 0 Å². The van der Waals surface area contributed by atoms with Crippen LogP contribution in [0.25, 0.3) is 5.57 Å². The van der Waals surface area contributed by atoms with Gasteiger partial charge in [0.1, 0.15) is 11.4 Å². The molecule has 0 N–H and O–H groups in total. The van der Waals surface area contributed by atoms with Crippen LogP contribution in [0.3, 0.4) is 0 Å². The fourth-order valence-electron chi connectivity index (χ4n) is 3.49. The molecule has 2 heterocycles. The van der Waals surface area contributed by atoms with Gasteiger partial charge in [0.05, 0.1) is 12.7 Å². The molecule has 0 spiro atoms. The van der Waals surface area contributed by atoms with Gasteiger partial charge in [-0.05, 0) is 43.9 Å². The Morgan fingerprint density at radius 1 is 1.04 bits per heavy atom. The van der Waals surface area contributed by atoms with Gasteiger partial charge in [0.2, 0.25) is 0 Å². The van der Waals surface area contributed by atoms with Crippen LogP contribution >= 0.6 is 0 Å². The molecular formula is C20H26N2O4. The fourth-order valence-corrected chi connectivity index (χ4v) is 3.49. The first kappa shape index (κ1) is 18.5. The number of hydrogen-bond donors (Lipinski definition) is 0. The zero-order valence-electron chi connectivity index (χ0n) is 15.5. The molecule has 2 aliphatic rings. The predicted octanol–water partition coefficient (Wildman–Crippen LogP) is 2.30. The first-order valence-electron chi connectivity index (χ1n) is 9.25. The maximum atomic E-state index is 13.1. The fraction of sp³-hybridized carbons (Fsp3) is 0.500. The van der Waals surface area contributed by atoms with Gasteiger partial charge in [0, 0.05) is 32.8 Å². The minimum absolute atomic E-state index is 0.181. The van der Waals surface area contributed by atoms with Crippen molar-refractivity contribution in [1.29, 1.82) is 0 Å². The Bertz CT molecular complexity index is 690. The highest BCUT2D eigenvalue weighted by Crippen LogP contribution is 2.34.